The summed E-state index contributed by atoms with van der Waals surface area (Å²) in [6.07, 6.45) is 0.671. The first-order valence-electron chi connectivity index (χ1n) is 5.35. The number of nitrogens with zero attached hydrogens (tertiary/aromatic N) is 3. The van der Waals surface area contributed by atoms with Crippen molar-refractivity contribution in [2.75, 3.05) is 26.0 Å². The molecular weight excluding hydrogens is 240 g/mol. The number of rotatable bonds is 5. The van der Waals surface area contributed by atoms with Crippen LogP contribution in [0.1, 0.15) is 23.1 Å². The molecule has 1 N–H and O–H groups in total. The summed E-state index contributed by atoms with van der Waals surface area (Å²) in [6.45, 7) is 4.49. The molecule has 0 aliphatic carbocycles. The lowest BCUT2D eigenvalue weighted by Crippen LogP contribution is -2.32. The van der Waals surface area contributed by atoms with E-state index in [9.17, 15) is 4.79 Å². The minimum atomic E-state index is 0.188. The molecule has 1 unspecified atom stereocenters. The molecule has 0 bridgehead atoms. The zero-order valence-electron chi connectivity index (χ0n) is 10.5. The molecule has 17 heavy (non-hydrogen) atoms. The lowest BCUT2D eigenvalue weighted by molar-refractivity contribution is 0.112. The van der Waals surface area contributed by atoms with Crippen molar-refractivity contribution in [3.05, 3.63) is 16.5 Å². The minimum absolute atomic E-state index is 0.188. The Morgan fingerprint density at radius 3 is 2.65 bits per heavy atom. The molecule has 0 fully saturated rings. The van der Waals surface area contributed by atoms with Gasteiger partial charge in [0.05, 0.1) is 5.56 Å². The average molecular weight is 257 g/mol. The number of carbonyl (C=O) groups is 1. The second kappa shape index (κ2) is 5.93. The topological polar surface area (TPSA) is 58.1 Å². The number of aromatic nitrogens is 2. The summed E-state index contributed by atoms with van der Waals surface area (Å²) >= 11 is 5.88. The van der Waals surface area contributed by atoms with E-state index in [1.54, 1.807) is 6.92 Å². The second-order valence-electron chi connectivity index (χ2n) is 4.14. The van der Waals surface area contributed by atoms with Gasteiger partial charge in [0.15, 0.2) is 6.29 Å². The molecule has 0 saturated heterocycles. The van der Waals surface area contributed by atoms with E-state index in [1.165, 1.54) is 0 Å². The number of anilines is 1. The van der Waals surface area contributed by atoms with E-state index < -0.39 is 0 Å². The third-order valence-electron chi connectivity index (χ3n) is 2.58. The Kier molecular flexibility index (Phi) is 4.84. The largest absolute Gasteiger partial charge is 0.368 e. The van der Waals surface area contributed by atoms with Gasteiger partial charge in [0.25, 0.3) is 0 Å². The standard InChI is InChI=1S/C11H17ClN4O/c1-7(16(3)4)5-13-11-9(6-17)10(12)14-8(2)15-11/h6-7H,5H2,1-4H3,(H,13,14,15). The van der Waals surface area contributed by atoms with E-state index in [0.29, 0.717) is 36.1 Å². The van der Waals surface area contributed by atoms with Crippen LogP contribution in [-0.2, 0) is 0 Å². The molecule has 1 aromatic rings. The molecule has 1 atom stereocenters. The summed E-state index contributed by atoms with van der Waals surface area (Å²) in [5, 5.41) is 3.31. The van der Waals surface area contributed by atoms with Crippen molar-refractivity contribution >= 4 is 23.7 Å². The molecule has 6 heteroatoms. The van der Waals surface area contributed by atoms with Gasteiger partial charge in [0.1, 0.15) is 16.8 Å². The van der Waals surface area contributed by atoms with Crippen LogP contribution in [0.2, 0.25) is 5.15 Å². The number of aryl methyl sites for hydroxylation is 1. The molecule has 94 valence electrons. The van der Waals surface area contributed by atoms with Gasteiger partial charge in [0, 0.05) is 12.6 Å². The van der Waals surface area contributed by atoms with E-state index in [0.717, 1.165) is 0 Å². The molecule has 5 nitrogen and oxygen atoms in total. The molecule has 0 saturated carbocycles. The molecule has 0 aromatic carbocycles. The average Bonchev–Trinajstić information content (AvgIpc) is 2.24. The van der Waals surface area contributed by atoms with Crippen LogP contribution in [0, 0.1) is 6.92 Å². The first-order chi connectivity index (χ1) is 7.95. The summed E-state index contributed by atoms with van der Waals surface area (Å²) in [7, 11) is 3.98. The summed E-state index contributed by atoms with van der Waals surface area (Å²) in [5.74, 6) is 1.03. The van der Waals surface area contributed by atoms with Gasteiger partial charge in [-0.1, -0.05) is 11.6 Å². The normalized spacial score (nSPS) is 12.6. The highest BCUT2D eigenvalue weighted by molar-refractivity contribution is 6.32. The molecule has 0 aliphatic heterocycles. The van der Waals surface area contributed by atoms with Gasteiger partial charge in [-0.3, -0.25) is 4.79 Å². The van der Waals surface area contributed by atoms with Gasteiger partial charge in [-0.05, 0) is 27.9 Å². The van der Waals surface area contributed by atoms with Crippen LogP contribution in [0.15, 0.2) is 0 Å². The molecule has 1 aromatic heterocycles. The molecule has 0 radical (unpaired) electrons. The van der Waals surface area contributed by atoms with Crippen molar-refractivity contribution < 1.29 is 4.79 Å². The Balaban J connectivity index is 2.86. The maximum absolute atomic E-state index is 10.9. The van der Waals surface area contributed by atoms with E-state index in [1.807, 2.05) is 14.1 Å². The zero-order chi connectivity index (χ0) is 13.0. The van der Waals surface area contributed by atoms with Crippen molar-refractivity contribution in [3.63, 3.8) is 0 Å². The summed E-state index contributed by atoms with van der Waals surface area (Å²) in [5.41, 5.74) is 0.309. The summed E-state index contributed by atoms with van der Waals surface area (Å²) in [4.78, 5) is 21.1. The molecular formula is C11H17ClN4O. The monoisotopic (exact) mass is 256 g/mol. The van der Waals surface area contributed by atoms with Crippen LogP contribution >= 0.6 is 11.6 Å². The van der Waals surface area contributed by atoms with Crippen LogP contribution in [0.25, 0.3) is 0 Å². The maximum Gasteiger partial charge on any atom is 0.156 e. The van der Waals surface area contributed by atoms with Crippen molar-refractivity contribution in [3.8, 4) is 0 Å². The molecule has 0 spiro atoms. The van der Waals surface area contributed by atoms with Gasteiger partial charge >= 0.3 is 0 Å². The Morgan fingerprint density at radius 1 is 1.47 bits per heavy atom. The van der Waals surface area contributed by atoms with Gasteiger partial charge in [0.2, 0.25) is 0 Å². The number of aldehydes is 1. The van der Waals surface area contributed by atoms with E-state index in [-0.39, 0.29) is 5.15 Å². The summed E-state index contributed by atoms with van der Waals surface area (Å²) < 4.78 is 0. The fourth-order valence-electron chi connectivity index (χ4n) is 1.21. The van der Waals surface area contributed by atoms with Crippen molar-refractivity contribution in [2.45, 2.75) is 19.9 Å². The first-order valence-corrected chi connectivity index (χ1v) is 5.73. The molecule has 0 aliphatic rings. The number of hydrogen-bond acceptors (Lipinski definition) is 5. The third-order valence-corrected chi connectivity index (χ3v) is 2.86. The fraction of sp³-hybridized carbons (Fsp3) is 0.545. The number of likely N-dealkylation sites (N-methyl/N-ethyl adjacent to an activating group) is 1. The van der Waals surface area contributed by atoms with Gasteiger partial charge in [-0.25, -0.2) is 9.97 Å². The Bertz CT molecular complexity index is 409. The van der Waals surface area contributed by atoms with Crippen LogP contribution in [0.3, 0.4) is 0 Å². The van der Waals surface area contributed by atoms with Gasteiger partial charge in [-0.15, -0.1) is 0 Å². The maximum atomic E-state index is 10.9. The lowest BCUT2D eigenvalue weighted by Gasteiger charge is -2.20. The highest BCUT2D eigenvalue weighted by Crippen LogP contribution is 2.18. The van der Waals surface area contributed by atoms with Gasteiger partial charge in [-0.2, -0.15) is 0 Å². The van der Waals surface area contributed by atoms with Crippen molar-refractivity contribution in [1.29, 1.82) is 0 Å². The Labute approximate surface area is 106 Å². The van der Waals surface area contributed by atoms with Crippen LogP contribution in [-0.4, -0.2) is 47.8 Å². The highest BCUT2D eigenvalue weighted by Gasteiger charge is 2.12. The quantitative estimate of drug-likeness (QED) is 0.641. The summed E-state index contributed by atoms with van der Waals surface area (Å²) in [6, 6.07) is 0.323. The first kappa shape index (κ1) is 13.9. The Morgan fingerprint density at radius 2 is 2.12 bits per heavy atom. The predicted octanol–water partition coefficient (Wildman–Crippen LogP) is 1.61. The number of nitrogens with one attached hydrogen (secondary N) is 1. The lowest BCUT2D eigenvalue weighted by atomic mass is 10.3. The van der Waals surface area contributed by atoms with E-state index in [4.69, 9.17) is 11.6 Å². The van der Waals surface area contributed by atoms with Crippen molar-refractivity contribution in [2.24, 2.45) is 0 Å². The Hall–Kier alpha value is -1.20. The number of carbonyl (C=O) groups excluding carboxylic acids is 1. The van der Waals surface area contributed by atoms with Crippen LogP contribution in [0.4, 0.5) is 5.82 Å². The van der Waals surface area contributed by atoms with E-state index in [2.05, 4.69) is 27.1 Å². The fourth-order valence-corrected chi connectivity index (χ4v) is 1.47. The third kappa shape index (κ3) is 3.64. The molecule has 0 amide bonds. The van der Waals surface area contributed by atoms with Crippen LogP contribution in [0.5, 0.6) is 0 Å². The predicted molar refractivity (Wildman–Crippen MR) is 68.8 cm³/mol. The minimum Gasteiger partial charge on any atom is -0.368 e. The number of halogens is 1. The highest BCUT2D eigenvalue weighted by atomic mass is 35.5. The SMILES string of the molecule is Cc1nc(Cl)c(C=O)c(NCC(C)N(C)C)n1. The van der Waals surface area contributed by atoms with Gasteiger partial charge < -0.3 is 10.2 Å². The zero-order valence-corrected chi connectivity index (χ0v) is 11.2. The van der Waals surface area contributed by atoms with Crippen LogP contribution < -0.4 is 5.32 Å². The van der Waals surface area contributed by atoms with E-state index >= 15 is 0 Å². The molecule has 1 heterocycles. The molecule has 1 rings (SSSR count). The van der Waals surface area contributed by atoms with Crippen molar-refractivity contribution in [1.82, 2.24) is 14.9 Å². The second-order valence-corrected chi connectivity index (χ2v) is 4.49. The number of hydrogen-bond donors (Lipinski definition) is 1. The smallest absolute Gasteiger partial charge is 0.156 e.